The van der Waals surface area contributed by atoms with Crippen molar-refractivity contribution in [2.45, 2.75) is 52.8 Å². The van der Waals surface area contributed by atoms with E-state index in [4.69, 9.17) is 14.6 Å². The fourth-order valence-corrected chi connectivity index (χ4v) is 3.44. The van der Waals surface area contributed by atoms with Crippen molar-refractivity contribution in [1.82, 2.24) is 14.7 Å². The van der Waals surface area contributed by atoms with Crippen LogP contribution in [0, 0.1) is 6.92 Å². The number of aliphatic hydroxyl groups excluding tert-OH is 1. The van der Waals surface area contributed by atoms with Gasteiger partial charge in [-0.15, -0.1) is 0 Å². The molecule has 31 heavy (non-hydrogen) atoms. The van der Waals surface area contributed by atoms with Crippen molar-refractivity contribution in [3.05, 3.63) is 65.9 Å². The molecular formula is C25H33N3O3. The molecule has 6 nitrogen and oxygen atoms in total. The molecule has 0 saturated heterocycles. The average molecular weight is 424 g/mol. The van der Waals surface area contributed by atoms with E-state index in [0.717, 1.165) is 23.4 Å². The third-order valence-corrected chi connectivity index (χ3v) is 5.42. The molecule has 0 aliphatic heterocycles. The van der Waals surface area contributed by atoms with Crippen molar-refractivity contribution in [3.8, 4) is 23.1 Å². The van der Waals surface area contributed by atoms with Crippen molar-refractivity contribution in [2.24, 2.45) is 0 Å². The summed E-state index contributed by atoms with van der Waals surface area (Å²) < 4.78 is 13.8. The van der Waals surface area contributed by atoms with E-state index in [1.54, 1.807) is 7.11 Å². The predicted octanol–water partition coefficient (Wildman–Crippen LogP) is 4.96. The number of ether oxygens (including phenoxy) is 2. The highest BCUT2D eigenvalue weighted by Gasteiger charge is 2.24. The van der Waals surface area contributed by atoms with Gasteiger partial charge >= 0.3 is 0 Å². The Labute approximate surface area is 185 Å². The van der Waals surface area contributed by atoms with Gasteiger partial charge in [0.25, 0.3) is 0 Å². The number of methoxy groups -OCH3 is 1. The lowest BCUT2D eigenvalue weighted by atomic mass is 10.1. The van der Waals surface area contributed by atoms with E-state index >= 15 is 0 Å². The Kier molecular flexibility index (Phi) is 7.71. The summed E-state index contributed by atoms with van der Waals surface area (Å²) in [5, 5.41) is 15.1. The monoisotopic (exact) mass is 423 g/mol. The summed E-state index contributed by atoms with van der Waals surface area (Å²) in [6.45, 7) is 9.49. The molecule has 0 spiro atoms. The molecule has 1 heterocycles. The van der Waals surface area contributed by atoms with E-state index in [1.165, 1.54) is 0 Å². The molecule has 3 aromatic rings. The second-order valence-electron chi connectivity index (χ2n) is 7.95. The van der Waals surface area contributed by atoms with Crippen LogP contribution in [-0.4, -0.2) is 45.6 Å². The molecular weight excluding hydrogens is 390 g/mol. The van der Waals surface area contributed by atoms with E-state index in [-0.39, 0.29) is 12.1 Å². The molecule has 0 fully saturated rings. The lowest BCUT2D eigenvalue weighted by Crippen LogP contribution is -2.37. The first-order chi connectivity index (χ1) is 14.9. The summed E-state index contributed by atoms with van der Waals surface area (Å²) in [5.74, 6) is 1.95. The van der Waals surface area contributed by atoms with Crippen molar-refractivity contribution < 1.29 is 14.6 Å². The smallest absolute Gasteiger partial charge is 0.227 e. The standard InChI is InChI=1S/C25H33N3O3/c1-6-21(29)16-27(18(2)3)17-22-19(4)26-28(20-12-8-7-9-13-20)25(22)31-24-15-11-10-14-23(24)30-5/h7-15,18,21,29H,6,16-17H2,1-5H3/t21-/m0/s1. The number of hydrogen-bond acceptors (Lipinski definition) is 5. The van der Waals surface area contributed by atoms with Crippen LogP contribution in [0.3, 0.4) is 0 Å². The van der Waals surface area contributed by atoms with E-state index in [9.17, 15) is 5.11 Å². The Balaban J connectivity index is 2.06. The van der Waals surface area contributed by atoms with Crippen LogP contribution in [0.25, 0.3) is 5.69 Å². The van der Waals surface area contributed by atoms with E-state index in [0.29, 0.717) is 30.5 Å². The molecule has 0 radical (unpaired) electrons. The fourth-order valence-electron chi connectivity index (χ4n) is 3.44. The Morgan fingerprint density at radius 3 is 2.29 bits per heavy atom. The van der Waals surface area contributed by atoms with Gasteiger partial charge in [-0.05, 0) is 51.5 Å². The van der Waals surface area contributed by atoms with Crippen molar-refractivity contribution in [3.63, 3.8) is 0 Å². The molecule has 1 aromatic heterocycles. The summed E-state index contributed by atoms with van der Waals surface area (Å²) >= 11 is 0. The predicted molar refractivity (Wildman–Crippen MR) is 123 cm³/mol. The third-order valence-electron chi connectivity index (χ3n) is 5.42. The summed E-state index contributed by atoms with van der Waals surface area (Å²) in [5.41, 5.74) is 2.81. The second-order valence-corrected chi connectivity index (χ2v) is 7.95. The molecule has 1 atom stereocenters. The summed E-state index contributed by atoms with van der Waals surface area (Å²) in [4.78, 5) is 2.25. The Bertz CT molecular complexity index is 969. The van der Waals surface area contributed by atoms with E-state index in [2.05, 4.69) is 18.7 Å². The Morgan fingerprint density at radius 2 is 1.68 bits per heavy atom. The maximum Gasteiger partial charge on any atom is 0.227 e. The van der Waals surface area contributed by atoms with Crippen LogP contribution in [0.15, 0.2) is 54.6 Å². The van der Waals surface area contributed by atoms with E-state index in [1.807, 2.05) is 73.1 Å². The highest BCUT2D eigenvalue weighted by Crippen LogP contribution is 2.36. The minimum atomic E-state index is -0.370. The molecule has 0 unspecified atom stereocenters. The first kappa shape index (κ1) is 22.8. The largest absolute Gasteiger partial charge is 0.493 e. The molecule has 0 bridgehead atoms. The number of rotatable bonds is 10. The van der Waals surface area contributed by atoms with Crippen LogP contribution in [-0.2, 0) is 6.54 Å². The number of hydrogen-bond donors (Lipinski definition) is 1. The van der Waals surface area contributed by atoms with Crippen LogP contribution < -0.4 is 9.47 Å². The van der Waals surface area contributed by atoms with Gasteiger partial charge in [-0.1, -0.05) is 37.3 Å². The zero-order valence-corrected chi connectivity index (χ0v) is 19.1. The van der Waals surface area contributed by atoms with Gasteiger partial charge in [-0.3, -0.25) is 4.90 Å². The minimum Gasteiger partial charge on any atom is -0.493 e. The summed E-state index contributed by atoms with van der Waals surface area (Å²) in [6.07, 6.45) is 0.348. The highest BCUT2D eigenvalue weighted by atomic mass is 16.5. The van der Waals surface area contributed by atoms with Gasteiger partial charge in [0, 0.05) is 19.1 Å². The van der Waals surface area contributed by atoms with Gasteiger partial charge in [-0.2, -0.15) is 5.10 Å². The van der Waals surface area contributed by atoms with Gasteiger partial charge in [0.15, 0.2) is 11.5 Å². The first-order valence-corrected chi connectivity index (χ1v) is 10.8. The van der Waals surface area contributed by atoms with Gasteiger partial charge < -0.3 is 14.6 Å². The third kappa shape index (κ3) is 5.46. The number of aromatic nitrogens is 2. The van der Waals surface area contributed by atoms with Gasteiger partial charge in [0.1, 0.15) is 0 Å². The van der Waals surface area contributed by atoms with Gasteiger partial charge in [0.2, 0.25) is 5.88 Å². The maximum atomic E-state index is 10.3. The lowest BCUT2D eigenvalue weighted by Gasteiger charge is -2.28. The van der Waals surface area contributed by atoms with Gasteiger partial charge in [0.05, 0.1) is 30.2 Å². The molecule has 3 rings (SSSR count). The van der Waals surface area contributed by atoms with Crippen LogP contribution in [0.2, 0.25) is 0 Å². The van der Waals surface area contributed by atoms with Crippen LogP contribution in [0.4, 0.5) is 0 Å². The average Bonchev–Trinajstić information content (AvgIpc) is 3.09. The normalized spacial score (nSPS) is 12.4. The zero-order valence-electron chi connectivity index (χ0n) is 19.1. The Hall–Kier alpha value is -2.83. The number of aliphatic hydroxyl groups is 1. The number of nitrogens with zero attached hydrogens (tertiary/aromatic N) is 3. The summed E-state index contributed by atoms with van der Waals surface area (Å²) in [6, 6.07) is 17.8. The molecule has 166 valence electrons. The Morgan fingerprint density at radius 1 is 1.03 bits per heavy atom. The quantitative estimate of drug-likeness (QED) is 0.499. The lowest BCUT2D eigenvalue weighted by molar-refractivity contribution is 0.0875. The minimum absolute atomic E-state index is 0.264. The SMILES string of the molecule is CC[C@H](O)CN(Cc1c(C)nn(-c2ccccc2)c1Oc1ccccc1OC)C(C)C. The van der Waals surface area contributed by atoms with Gasteiger partial charge in [-0.25, -0.2) is 4.68 Å². The summed E-state index contributed by atoms with van der Waals surface area (Å²) in [7, 11) is 1.63. The zero-order chi connectivity index (χ0) is 22.4. The molecule has 0 amide bonds. The van der Waals surface area contributed by atoms with Crippen molar-refractivity contribution in [2.75, 3.05) is 13.7 Å². The molecule has 0 aliphatic carbocycles. The first-order valence-electron chi connectivity index (χ1n) is 10.8. The molecule has 0 aliphatic rings. The van der Waals surface area contributed by atoms with Crippen LogP contribution in [0.5, 0.6) is 17.4 Å². The molecule has 6 heteroatoms. The molecule has 2 aromatic carbocycles. The fraction of sp³-hybridized carbons (Fsp3) is 0.400. The van der Waals surface area contributed by atoms with Crippen LogP contribution in [0.1, 0.15) is 38.4 Å². The highest BCUT2D eigenvalue weighted by molar-refractivity contribution is 5.47. The topological polar surface area (TPSA) is 59.8 Å². The van der Waals surface area contributed by atoms with Crippen molar-refractivity contribution in [1.29, 1.82) is 0 Å². The maximum absolute atomic E-state index is 10.3. The molecule has 1 N–H and O–H groups in total. The van der Waals surface area contributed by atoms with E-state index < -0.39 is 0 Å². The number of para-hydroxylation sites is 3. The van der Waals surface area contributed by atoms with Crippen LogP contribution >= 0.6 is 0 Å². The number of aryl methyl sites for hydroxylation is 1. The number of benzene rings is 2. The molecule has 0 saturated carbocycles. The van der Waals surface area contributed by atoms with Crippen molar-refractivity contribution >= 4 is 0 Å². The second kappa shape index (κ2) is 10.5.